The summed E-state index contributed by atoms with van der Waals surface area (Å²) in [5, 5.41) is 0.758. The average Bonchev–Trinajstić information content (AvgIpc) is 2.64. The molecule has 0 atom stereocenters. The Morgan fingerprint density at radius 3 is 2.54 bits per heavy atom. The van der Waals surface area contributed by atoms with Gasteiger partial charge in [0.2, 0.25) is 0 Å². The SMILES string of the molecule is CCCCSc1nc(-c2ccccc2F)nc2c1c(=O)n(C)c(=O)n2C. The highest BCUT2D eigenvalue weighted by atomic mass is 32.2. The molecule has 0 radical (unpaired) electrons. The topological polar surface area (TPSA) is 69.8 Å². The number of aromatic nitrogens is 4. The van der Waals surface area contributed by atoms with Crippen molar-refractivity contribution in [2.45, 2.75) is 24.8 Å². The fourth-order valence-electron chi connectivity index (χ4n) is 2.61. The Hall–Kier alpha value is -2.48. The Morgan fingerprint density at radius 1 is 1.12 bits per heavy atom. The summed E-state index contributed by atoms with van der Waals surface area (Å²) in [6.07, 6.45) is 1.96. The largest absolute Gasteiger partial charge is 0.332 e. The summed E-state index contributed by atoms with van der Waals surface area (Å²) in [5.74, 6) is 0.480. The molecule has 0 amide bonds. The number of benzene rings is 1. The molecule has 2 aromatic heterocycles. The van der Waals surface area contributed by atoms with Gasteiger partial charge in [-0.1, -0.05) is 25.5 Å². The molecule has 1 aromatic carbocycles. The van der Waals surface area contributed by atoms with Gasteiger partial charge in [0, 0.05) is 14.1 Å². The summed E-state index contributed by atoms with van der Waals surface area (Å²) in [6.45, 7) is 2.08. The molecule has 0 saturated carbocycles. The van der Waals surface area contributed by atoms with Gasteiger partial charge in [0.05, 0.1) is 5.56 Å². The molecular weight excluding hydrogens is 355 g/mol. The van der Waals surface area contributed by atoms with Crippen molar-refractivity contribution in [3.63, 3.8) is 0 Å². The minimum absolute atomic E-state index is 0.165. The highest BCUT2D eigenvalue weighted by Crippen LogP contribution is 2.27. The number of aryl methyl sites for hydroxylation is 1. The highest BCUT2D eigenvalue weighted by Gasteiger charge is 2.19. The number of hydrogen-bond donors (Lipinski definition) is 0. The van der Waals surface area contributed by atoms with Crippen LogP contribution in [0.3, 0.4) is 0 Å². The van der Waals surface area contributed by atoms with Crippen LogP contribution in [-0.2, 0) is 14.1 Å². The number of fused-ring (bicyclic) bond motifs is 1. The van der Waals surface area contributed by atoms with E-state index in [4.69, 9.17) is 0 Å². The van der Waals surface area contributed by atoms with Gasteiger partial charge in [-0.05, 0) is 24.3 Å². The smallest absolute Gasteiger partial charge is 0.280 e. The van der Waals surface area contributed by atoms with Crippen molar-refractivity contribution in [2.24, 2.45) is 14.1 Å². The van der Waals surface area contributed by atoms with Gasteiger partial charge < -0.3 is 0 Å². The van der Waals surface area contributed by atoms with Crippen molar-refractivity contribution in [3.8, 4) is 11.4 Å². The van der Waals surface area contributed by atoms with Crippen LogP contribution in [0.15, 0.2) is 38.9 Å². The molecule has 6 nitrogen and oxygen atoms in total. The van der Waals surface area contributed by atoms with Crippen molar-refractivity contribution >= 4 is 22.8 Å². The predicted molar refractivity (Wildman–Crippen MR) is 101 cm³/mol. The molecule has 0 aliphatic heterocycles. The maximum absolute atomic E-state index is 14.2. The van der Waals surface area contributed by atoms with E-state index in [9.17, 15) is 14.0 Å². The lowest BCUT2D eigenvalue weighted by Gasteiger charge is -2.12. The lowest BCUT2D eigenvalue weighted by Crippen LogP contribution is -2.37. The molecule has 0 N–H and O–H groups in total. The summed E-state index contributed by atoms with van der Waals surface area (Å²) in [5.41, 5.74) is -0.474. The minimum atomic E-state index is -0.481. The zero-order valence-corrected chi connectivity index (χ0v) is 15.6. The second-order valence-corrected chi connectivity index (χ2v) is 7.02. The number of hydrogen-bond acceptors (Lipinski definition) is 5. The molecule has 0 saturated heterocycles. The van der Waals surface area contributed by atoms with E-state index >= 15 is 0 Å². The average molecular weight is 374 g/mol. The van der Waals surface area contributed by atoms with Crippen molar-refractivity contribution in [1.29, 1.82) is 0 Å². The molecule has 0 unspecified atom stereocenters. The standard InChI is InChI=1S/C18H19FN4O2S/c1-4-5-10-26-16-13-15(22(2)18(25)23(3)17(13)24)20-14(21-16)11-8-6-7-9-12(11)19/h6-9H,4-5,10H2,1-3H3. The molecule has 0 bridgehead atoms. The van der Waals surface area contributed by atoms with Gasteiger partial charge in [-0.25, -0.2) is 19.2 Å². The van der Waals surface area contributed by atoms with Crippen LogP contribution in [0.5, 0.6) is 0 Å². The van der Waals surface area contributed by atoms with Gasteiger partial charge in [-0.3, -0.25) is 13.9 Å². The summed E-state index contributed by atoms with van der Waals surface area (Å²) in [6, 6.07) is 6.19. The van der Waals surface area contributed by atoms with E-state index < -0.39 is 17.1 Å². The van der Waals surface area contributed by atoms with Crippen molar-refractivity contribution in [1.82, 2.24) is 19.1 Å². The lowest BCUT2D eigenvalue weighted by atomic mass is 10.2. The van der Waals surface area contributed by atoms with Crippen LogP contribution < -0.4 is 11.2 Å². The van der Waals surface area contributed by atoms with E-state index in [0.29, 0.717) is 5.03 Å². The van der Waals surface area contributed by atoms with Crippen LogP contribution in [0.4, 0.5) is 4.39 Å². The van der Waals surface area contributed by atoms with Crippen LogP contribution in [0, 0.1) is 5.82 Å². The summed E-state index contributed by atoms with van der Waals surface area (Å²) in [4.78, 5) is 33.7. The first-order chi connectivity index (χ1) is 12.5. The number of rotatable bonds is 5. The molecule has 3 rings (SSSR count). The first kappa shape index (κ1) is 18.3. The molecule has 3 aromatic rings. The van der Waals surface area contributed by atoms with Crippen LogP contribution in [0.25, 0.3) is 22.4 Å². The molecule has 0 spiro atoms. The van der Waals surface area contributed by atoms with Crippen LogP contribution in [0.2, 0.25) is 0 Å². The van der Waals surface area contributed by atoms with Gasteiger partial charge >= 0.3 is 5.69 Å². The Morgan fingerprint density at radius 2 is 1.85 bits per heavy atom. The first-order valence-electron chi connectivity index (χ1n) is 8.31. The molecule has 8 heteroatoms. The number of halogens is 1. The molecule has 136 valence electrons. The Labute approximate surface area is 153 Å². The maximum atomic E-state index is 14.2. The summed E-state index contributed by atoms with van der Waals surface area (Å²) in [7, 11) is 2.97. The Balaban J connectivity index is 2.35. The third-order valence-corrected chi connectivity index (χ3v) is 5.18. The minimum Gasteiger partial charge on any atom is -0.280 e. The summed E-state index contributed by atoms with van der Waals surface area (Å²) >= 11 is 1.42. The monoisotopic (exact) mass is 374 g/mol. The van der Waals surface area contributed by atoms with E-state index in [0.717, 1.165) is 23.2 Å². The molecule has 2 heterocycles. The number of thioether (sulfide) groups is 1. The second kappa shape index (κ2) is 7.41. The predicted octanol–water partition coefficient (Wildman–Crippen LogP) is 2.73. The van der Waals surface area contributed by atoms with Crippen molar-refractivity contribution in [2.75, 3.05) is 5.75 Å². The summed E-state index contributed by atoms with van der Waals surface area (Å²) < 4.78 is 16.6. The van der Waals surface area contributed by atoms with Gasteiger partial charge in [0.25, 0.3) is 5.56 Å². The fourth-order valence-corrected chi connectivity index (χ4v) is 3.71. The fraction of sp³-hybridized carbons (Fsp3) is 0.333. The maximum Gasteiger partial charge on any atom is 0.332 e. The zero-order chi connectivity index (χ0) is 18.8. The van der Waals surface area contributed by atoms with Crippen LogP contribution in [-0.4, -0.2) is 24.9 Å². The van der Waals surface area contributed by atoms with Gasteiger partial charge in [-0.15, -0.1) is 11.8 Å². The second-order valence-electron chi connectivity index (χ2n) is 5.94. The van der Waals surface area contributed by atoms with Crippen molar-refractivity contribution in [3.05, 3.63) is 50.9 Å². The van der Waals surface area contributed by atoms with Gasteiger partial charge in [0.1, 0.15) is 16.2 Å². The molecule has 0 aliphatic carbocycles. The molecule has 26 heavy (non-hydrogen) atoms. The quantitative estimate of drug-likeness (QED) is 0.390. The third-order valence-electron chi connectivity index (χ3n) is 4.12. The molecular formula is C18H19FN4O2S. The van der Waals surface area contributed by atoms with Crippen LogP contribution in [0.1, 0.15) is 19.8 Å². The van der Waals surface area contributed by atoms with Crippen LogP contribution >= 0.6 is 11.8 Å². The van der Waals surface area contributed by atoms with E-state index in [-0.39, 0.29) is 22.4 Å². The molecule has 0 fully saturated rings. The Bertz CT molecular complexity index is 1090. The Kier molecular flexibility index (Phi) is 5.22. The van der Waals surface area contributed by atoms with E-state index in [1.54, 1.807) is 25.2 Å². The van der Waals surface area contributed by atoms with E-state index in [2.05, 4.69) is 16.9 Å². The van der Waals surface area contributed by atoms with E-state index in [1.807, 2.05) is 0 Å². The van der Waals surface area contributed by atoms with Gasteiger partial charge in [0.15, 0.2) is 11.5 Å². The number of unbranched alkanes of at least 4 members (excludes halogenated alkanes) is 1. The molecule has 0 aliphatic rings. The normalized spacial score (nSPS) is 11.2. The third kappa shape index (κ3) is 3.16. The highest BCUT2D eigenvalue weighted by molar-refractivity contribution is 7.99. The lowest BCUT2D eigenvalue weighted by molar-refractivity contribution is 0.629. The number of nitrogens with zero attached hydrogens (tertiary/aromatic N) is 4. The first-order valence-corrected chi connectivity index (χ1v) is 9.29. The van der Waals surface area contributed by atoms with E-state index in [1.165, 1.54) is 29.4 Å². The van der Waals surface area contributed by atoms with Crippen molar-refractivity contribution < 1.29 is 4.39 Å². The zero-order valence-electron chi connectivity index (χ0n) is 14.8. The van der Waals surface area contributed by atoms with Gasteiger partial charge in [-0.2, -0.15) is 0 Å².